The molecular weight excluding hydrogens is 234 g/mol. The molecule has 0 aliphatic rings. The number of Topliss-reactive ketones (excluding diaryl/α,β-unsaturated/α-hetero) is 1. The second-order valence-electron chi connectivity index (χ2n) is 5.00. The molecule has 0 radical (unpaired) electrons. The summed E-state index contributed by atoms with van der Waals surface area (Å²) in [5.41, 5.74) is 4.05. The first-order chi connectivity index (χ1) is 9.11. The molecule has 0 saturated carbocycles. The lowest BCUT2D eigenvalue weighted by Gasteiger charge is -2.06. The molecule has 1 heterocycles. The Hall–Kier alpha value is -1.96. The van der Waals surface area contributed by atoms with Gasteiger partial charge in [-0.15, -0.1) is 0 Å². The molecule has 0 aliphatic carbocycles. The van der Waals surface area contributed by atoms with Crippen molar-refractivity contribution in [2.75, 3.05) is 0 Å². The van der Waals surface area contributed by atoms with Crippen molar-refractivity contribution < 1.29 is 4.79 Å². The first kappa shape index (κ1) is 13.5. The summed E-state index contributed by atoms with van der Waals surface area (Å²) < 4.78 is 0. The molecule has 19 heavy (non-hydrogen) atoms. The number of aryl methyl sites for hydroxylation is 1. The first-order valence-corrected chi connectivity index (χ1v) is 6.71. The van der Waals surface area contributed by atoms with Gasteiger partial charge in [-0.25, -0.2) is 0 Å². The second-order valence-corrected chi connectivity index (χ2v) is 5.00. The summed E-state index contributed by atoms with van der Waals surface area (Å²) in [4.78, 5) is 16.1. The third-order valence-electron chi connectivity index (χ3n) is 3.21. The summed E-state index contributed by atoms with van der Waals surface area (Å²) in [5.74, 6) is 0.0793. The van der Waals surface area contributed by atoms with Gasteiger partial charge in [0.25, 0.3) is 0 Å². The van der Waals surface area contributed by atoms with Crippen LogP contribution in [0.4, 0.5) is 0 Å². The van der Waals surface area contributed by atoms with Crippen molar-refractivity contribution >= 4 is 5.78 Å². The van der Waals surface area contributed by atoms with E-state index in [9.17, 15) is 4.79 Å². The van der Waals surface area contributed by atoms with Gasteiger partial charge in [-0.1, -0.05) is 51.1 Å². The quantitative estimate of drug-likeness (QED) is 0.766. The predicted octanol–water partition coefficient (Wildman–Crippen LogP) is 4.15. The highest BCUT2D eigenvalue weighted by molar-refractivity contribution is 5.95. The molecule has 2 aromatic rings. The van der Waals surface area contributed by atoms with E-state index in [4.69, 9.17) is 0 Å². The highest BCUT2D eigenvalue weighted by atomic mass is 16.1. The molecule has 0 saturated heterocycles. The van der Waals surface area contributed by atoms with Crippen LogP contribution in [0.3, 0.4) is 0 Å². The molecule has 0 amide bonds. The van der Waals surface area contributed by atoms with Crippen molar-refractivity contribution in [2.45, 2.75) is 27.2 Å². The molecule has 0 spiro atoms. The topological polar surface area (TPSA) is 30.0 Å². The van der Waals surface area contributed by atoms with Gasteiger partial charge in [-0.05, 0) is 23.6 Å². The van der Waals surface area contributed by atoms with Gasteiger partial charge in [0.15, 0.2) is 5.78 Å². The minimum atomic E-state index is -0.0123. The SMILES string of the molecule is CCc1cccc(-c2ccc(C(=O)C(C)C)nc2)c1. The van der Waals surface area contributed by atoms with E-state index in [0.29, 0.717) is 5.69 Å². The van der Waals surface area contributed by atoms with E-state index >= 15 is 0 Å². The van der Waals surface area contributed by atoms with Crippen LogP contribution in [0.15, 0.2) is 42.6 Å². The van der Waals surface area contributed by atoms with Gasteiger partial charge in [0, 0.05) is 17.7 Å². The minimum absolute atomic E-state index is 0.0123. The van der Waals surface area contributed by atoms with E-state index in [-0.39, 0.29) is 11.7 Å². The number of pyridine rings is 1. The highest BCUT2D eigenvalue weighted by Gasteiger charge is 2.11. The maximum Gasteiger partial charge on any atom is 0.183 e. The fourth-order valence-electron chi connectivity index (χ4n) is 1.98. The second kappa shape index (κ2) is 5.79. The molecule has 0 unspecified atom stereocenters. The van der Waals surface area contributed by atoms with Crippen molar-refractivity contribution in [1.29, 1.82) is 0 Å². The Kier molecular flexibility index (Phi) is 4.10. The zero-order valence-corrected chi connectivity index (χ0v) is 11.7. The normalized spacial score (nSPS) is 10.7. The van der Waals surface area contributed by atoms with Gasteiger partial charge in [0.05, 0.1) is 0 Å². The van der Waals surface area contributed by atoms with E-state index in [1.54, 1.807) is 6.20 Å². The van der Waals surface area contributed by atoms with Crippen LogP contribution in [0, 0.1) is 5.92 Å². The van der Waals surface area contributed by atoms with Gasteiger partial charge < -0.3 is 0 Å². The highest BCUT2D eigenvalue weighted by Crippen LogP contribution is 2.20. The lowest BCUT2D eigenvalue weighted by atomic mass is 10.0. The zero-order valence-electron chi connectivity index (χ0n) is 11.7. The van der Waals surface area contributed by atoms with Crippen molar-refractivity contribution in [2.24, 2.45) is 5.92 Å². The third-order valence-corrected chi connectivity index (χ3v) is 3.21. The fourth-order valence-corrected chi connectivity index (χ4v) is 1.98. The number of carbonyl (C=O) groups excluding carboxylic acids is 1. The average molecular weight is 253 g/mol. The van der Waals surface area contributed by atoms with Crippen LogP contribution in [0.5, 0.6) is 0 Å². The van der Waals surface area contributed by atoms with Crippen LogP contribution in [0.2, 0.25) is 0 Å². The van der Waals surface area contributed by atoms with Crippen molar-refractivity contribution in [3.05, 3.63) is 53.9 Å². The molecule has 0 aliphatic heterocycles. The van der Waals surface area contributed by atoms with Crippen LogP contribution >= 0.6 is 0 Å². The predicted molar refractivity (Wildman–Crippen MR) is 78.2 cm³/mol. The summed E-state index contributed by atoms with van der Waals surface area (Å²) in [6.07, 6.45) is 2.80. The van der Waals surface area contributed by atoms with Gasteiger partial charge in [-0.2, -0.15) is 0 Å². The Morgan fingerprint density at radius 3 is 2.53 bits per heavy atom. The number of hydrogen-bond acceptors (Lipinski definition) is 2. The molecule has 0 fully saturated rings. The summed E-state index contributed by atoms with van der Waals surface area (Å²) in [6, 6.07) is 12.2. The Labute approximate surface area is 114 Å². The van der Waals surface area contributed by atoms with Crippen LogP contribution in [-0.2, 0) is 6.42 Å². The third kappa shape index (κ3) is 3.08. The molecule has 0 bridgehead atoms. The maximum absolute atomic E-state index is 11.8. The summed E-state index contributed by atoms with van der Waals surface area (Å²) in [7, 11) is 0. The Morgan fingerprint density at radius 2 is 1.95 bits per heavy atom. The van der Waals surface area contributed by atoms with Crippen molar-refractivity contribution in [1.82, 2.24) is 4.98 Å². The Balaban J connectivity index is 2.29. The molecule has 2 heteroatoms. The van der Waals surface area contributed by atoms with E-state index in [0.717, 1.165) is 17.5 Å². The maximum atomic E-state index is 11.8. The Morgan fingerprint density at radius 1 is 1.16 bits per heavy atom. The van der Waals surface area contributed by atoms with Crippen molar-refractivity contribution in [3.63, 3.8) is 0 Å². The molecule has 2 nitrogen and oxygen atoms in total. The number of rotatable bonds is 4. The molecule has 98 valence electrons. The standard InChI is InChI=1S/C17H19NO/c1-4-13-6-5-7-14(10-13)15-8-9-16(18-11-15)17(19)12(2)3/h5-12H,4H2,1-3H3. The molecule has 1 aromatic carbocycles. The van der Waals surface area contributed by atoms with Gasteiger partial charge in [0.2, 0.25) is 0 Å². The largest absolute Gasteiger partial charge is 0.292 e. The minimum Gasteiger partial charge on any atom is -0.292 e. The van der Waals surface area contributed by atoms with E-state index in [1.807, 2.05) is 26.0 Å². The summed E-state index contributed by atoms with van der Waals surface area (Å²) >= 11 is 0. The molecule has 0 N–H and O–H groups in total. The average Bonchev–Trinajstić information content (AvgIpc) is 2.46. The van der Waals surface area contributed by atoms with Crippen molar-refractivity contribution in [3.8, 4) is 11.1 Å². The van der Waals surface area contributed by atoms with Gasteiger partial charge >= 0.3 is 0 Å². The number of carbonyl (C=O) groups is 1. The number of benzene rings is 1. The van der Waals surface area contributed by atoms with Crippen LogP contribution < -0.4 is 0 Å². The van der Waals surface area contributed by atoms with Crippen LogP contribution in [-0.4, -0.2) is 10.8 Å². The van der Waals surface area contributed by atoms with Crippen LogP contribution in [0.1, 0.15) is 36.8 Å². The number of nitrogens with zero attached hydrogens (tertiary/aromatic N) is 1. The van der Waals surface area contributed by atoms with Crippen LogP contribution in [0.25, 0.3) is 11.1 Å². The monoisotopic (exact) mass is 253 g/mol. The van der Waals surface area contributed by atoms with Gasteiger partial charge in [-0.3, -0.25) is 9.78 Å². The fraction of sp³-hybridized carbons (Fsp3) is 0.294. The molecular formula is C17H19NO. The molecule has 0 atom stereocenters. The summed E-state index contributed by atoms with van der Waals surface area (Å²) in [6.45, 7) is 5.92. The van der Waals surface area contributed by atoms with E-state index in [2.05, 4.69) is 36.2 Å². The summed E-state index contributed by atoms with van der Waals surface area (Å²) in [5, 5.41) is 0. The smallest absolute Gasteiger partial charge is 0.183 e. The van der Waals surface area contributed by atoms with Gasteiger partial charge in [0.1, 0.15) is 5.69 Å². The lowest BCUT2D eigenvalue weighted by Crippen LogP contribution is -2.09. The number of hydrogen-bond donors (Lipinski definition) is 0. The zero-order chi connectivity index (χ0) is 13.8. The van der Waals surface area contributed by atoms with E-state index < -0.39 is 0 Å². The molecule has 1 aromatic heterocycles. The Bertz CT molecular complexity index is 570. The molecule has 2 rings (SSSR count). The number of ketones is 1. The first-order valence-electron chi connectivity index (χ1n) is 6.71. The van der Waals surface area contributed by atoms with E-state index in [1.165, 1.54) is 5.56 Å². The lowest BCUT2D eigenvalue weighted by molar-refractivity contribution is 0.0934. The number of aromatic nitrogens is 1.